The maximum absolute atomic E-state index is 10.9. The number of Topliss-reactive ketones (excluding diaryl/α,β-unsaturated/α-hetero) is 1. The molecule has 0 fully saturated rings. The van der Waals surface area contributed by atoms with Gasteiger partial charge in [0.25, 0.3) is 0 Å². The number of nitrogens with zero attached hydrogens (tertiary/aromatic N) is 1. The van der Waals surface area contributed by atoms with Crippen molar-refractivity contribution in [2.24, 2.45) is 5.92 Å². The van der Waals surface area contributed by atoms with Crippen molar-refractivity contribution in [3.8, 4) is 6.07 Å². The van der Waals surface area contributed by atoms with Gasteiger partial charge in [-0.05, 0) is 13.8 Å². The molecule has 0 aromatic carbocycles. The van der Waals surface area contributed by atoms with Crippen LogP contribution in [-0.4, -0.2) is 19.0 Å². The molecule has 0 saturated heterocycles. The summed E-state index contributed by atoms with van der Waals surface area (Å²) in [5.74, 6) is -0.531. The summed E-state index contributed by atoms with van der Waals surface area (Å²) >= 11 is 0. The molecule has 0 N–H and O–H groups in total. The van der Waals surface area contributed by atoms with Gasteiger partial charge in [-0.15, -0.1) is 0 Å². The van der Waals surface area contributed by atoms with Gasteiger partial charge < -0.3 is 4.74 Å². The Bertz CT molecular complexity index is 160. The van der Waals surface area contributed by atoms with Crippen LogP contribution in [0.2, 0.25) is 0 Å². The Balaban J connectivity index is 3.46. The van der Waals surface area contributed by atoms with Crippen molar-refractivity contribution < 1.29 is 9.53 Å². The van der Waals surface area contributed by atoms with Crippen molar-refractivity contribution >= 4 is 5.78 Å². The predicted octanol–water partition coefficient (Wildman–Crippen LogP) is 1.14. The Morgan fingerprint density at radius 2 is 2.36 bits per heavy atom. The zero-order chi connectivity index (χ0) is 8.69. The van der Waals surface area contributed by atoms with Crippen LogP contribution in [0.5, 0.6) is 0 Å². The highest BCUT2D eigenvalue weighted by Crippen LogP contribution is 1.98. The summed E-state index contributed by atoms with van der Waals surface area (Å²) in [5.41, 5.74) is 0. The molecule has 0 aliphatic heterocycles. The van der Waals surface area contributed by atoms with E-state index in [1.807, 2.05) is 13.0 Å². The molecular formula is C8H13NO2. The van der Waals surface area contributed by atoms with Crippen LogP contribution < -0.4 is 0 Å². The molecule has 3 heteroatoms. The minimum absolute atomic E-state index is 0.0408. The van der Waals surface area contributed by atoms with Gasteiger partial charge in [0.2, 0.25) is 0 Å². The molecule has 0 amide bonds. The Morgan fingerprint density at radius 3 is 2.82 bits per heavy atom. The van der Waals surface area contributed by atoms with E-state index in [9.17, 15) is 4.79 Å². The van der Waals surface area contributed by atoms with E-state index < -0.39 is 5.92 Å². The minimum Gasteiger partial charge on any atom is -0.381 e. The fourth-order valence-electron chi connectivity index (χ4n) is 0.606. The van der Waals surface area contributed by atoms with Gasteiger partial charge in [0.05, 0.1) is 12.7 Å². The summed E-state index contributed by atoms with van der Waals surface area (Å²) in [4.78, 5) is 10.9. The molecule has 3 nitrogen and oxygen atoms in total. The van der Waals surface area contributed by atoms with Crippen molar-refractivity contribution in [1.82, 2.24) is 0 Å². The van der Waals surface area contributed by atoms with Gasteiger partial charge in [0.1, 0.15) is 5.92 Å². The number of carbonyl (C=O) groups excluding carboxylic acids is 1. The maximum atomic E-state index is 10.9. The molecular weight excluding hydrogens is 142 g/mol. The van der Waals surface area contributed by atoms with Crippen molar-refractivity contribution in [1.29, 1.82) is 5.26 Å². The molecule has 0 radical (unpaired) electrons. The topological polar surface area (TPSA) is 50.1 Å². The summed E-state index contributed by atoms with van der Waals surface area (Å²) in [5, 5.41) is 8.35. The number of nitriles is 1. The quantitative estimate of drug-likeness (QED) is 0.559. The fourth-order valence-corrected chi connectivity index (χ4v) is 0.606. The van der Waals surface area contributed by atoms with Crippen LogP contribution in [0, 0.1) is 17.2 Å². The third-order valence-electron chi connectivity index (χ3n) is 1.37. The number of carbonyl (C=O) groups is 1. The molecule has 0 aliphatic carbocycles. The highest BCUT2D eigenvalue weighted by molar-refractivity contribution is 5.82. The normalized spacial score (nSPS) is 12.1. The van der Waals surface area contributed by atoms with E-state index in [4.69, 9.17) is 10.00 Å². The highest BCUT2D eigenvalue weighted by atomic mass is 16.5. The SMILES string of the molecule is CCOCCC(=O)C(C)C#N. The Kier molecular flexibility index (Phi) is 5.40. The summed E-state index contributed by atoms with van der Waals surface area (Å²) in [7, 11) is 0. The molecule has 62 valence electrons. The minimum atomic E-state index is -0.490. The highest BCUT2D eigenvalue weighted by Gasteiger charge is 2.10. The fraction of sp³-hybridized carbons (Fsp3) is 0.750. The number of hydrogen-bond acceptors (Lipinski definition) is 3. The number of ketones is 1. The largest absolute Gasteiger partial charge is 0.381 e. The van der Waals surface area contributed by atoms with Gasteiger partial charge in [-0.2, -0.15) is 5.26 Å². The third-order valence-corrected chi connectivity index (χ3v) is 1.37. The van der Waals surface area contributed by atoms with E-state index in [2.05, 4.69) is 0 Å². The van der Waals surface area contributed by atoms with E-state index in [-0.39, 0.29) is 5.78 Å². The van der Waals surface area contributed by atoms with Gasteiger partial charge in [0.15, 0.2) is 5.78 Å². The second-order valence-corrected chi connectivity index (χ2v) is 2.26. The second kappa shape index (κ2) is 5.87. The number of rotatable bonds is 5. The first kappa shape index (κ1) is 10.1. The van der Waals surface area contributed by atoms with Crippen LogP contribution in [0.15, 0.2) is 0 Å². The zero-order valence-corrected chi connectivity index (χ0v) is 6.96. The first-order valence-corrected chi connectivity index (χ1v) is 3.72. The maximum Gasteiger partial charge on any atom is 0.152 e. The smallest absolute Gasteiger partial charge is 0.152 e. The Hall–Kier alpha value is -0.880. The molecule has 11 heavy (non-hydrogen) atoms. The summed E-state index contributed by atoms with van der Waals surface area (Å²) in [6, 6.07) is 1.89. The molecule has 0 aliphatic rings. The molecule has 0 rings (SSSR count). The molecule has 0 heterocycles. The average Bonchev–Trinajstić information content (AvgIpc) is 2.03. The lowest BCUT2D eigenvalue weighted by Crippen LogP contribution is -2.11. The van der Waals surface area contributed by atoms with E-state index in [0.29, 0.717) is 19.6 Å². The summed E-state index contributed by atoms with van der Waals surface area (Å²) in [6.07, 6.45) is 0.350. The molecule has 0 spiro atoms. The Labute approximate surface area is 67.0 Å². The zero-order valence-electron chi connectivity index (χ0n) is 6.96. The number of hydrogen-bond donors (Lipinski definition) is 0. The first-order chi connectivity index (χ1) is 5.22. The monoisotopic (exact) mass is 155 g/mol. The molecule has 0 saturated carbocycles. The van der Waals surface area contributed by atoms with Gasteiger partial charge in [-0.25, -0.2) is 0 Å². The Morgan fingerprint density at radius 1 is 1.73 bits per heavy atom. The van der Waals surface area contributed by atoms with Crippen LogP contribution in [0.4, 0.5) is 0 Å². The summed E-state index contributed by atoms with van der Waals surface area (Å²) in [6.45, 7) is 4.53. The predicted molar refractivity (Wildman–Crippen MR) is 40.9 cm³/mol. The van der Waals surface area contributed by atoms with E-state index >= 15 is 0 Å². The van der Waals surface area contributed by atoms with E-state index in [0.717, 1.165) is 0 Å². The molecule has 1 unspecified atom stereocenters. The van der Waals surface area contributed by atoms with Crippen LogP contribution in [0.3, 0.4) is 0 Å². The molecule has 0 aromatic heterocycles. The van der Waals surface area contributed by atoms with Crippen LogP contribution in [-0.2, 0) is 9.53 Å². The summed E-state index contributed by atoms with van der Waals surface area (Å²) < 4.78 is 4.97. The van der Waals surface area contributed by atoms with E-state index in [1.54, 1.807) is 6.92 Å². The molecule has 0 aromatic rings. The van der Waals surface area contributed by atoms with Gasteiger partial charge in [-0.1, -0.05) is 0 Å². The van der Waals surface area contributed by atoms with Crippen LogP contribution in [0.25, 0.3) is 0 Å². The van der Waals surface area contributed by atoms with Crippen LogP contribution >= 0.6 is 0 Å². The van der Waals surface area contributed by atoms with Gasteiger partial charge >= 0.3 is 0 Å². The van der Waals surface area contributed by atoms with Gasteiger partial charge in [0, 0.05) is 13.0 Å². The van der Waals surface area contributed by atoms with Crippen LogP contribution in [0.1, 0.15) is 20.3 Å². The standard InChI is InChI=1S/C8H13NO2/c1-3-11-5-4-8(10)7(2)6-9/h7H,3-5H2,1-2H3. The lowest BCUT2D eigenvalue weighted by atomic mass is 10.1. The third kappa shape index (κ3) is 4.51. The average molecular weight is 155 g/mol. The van der Waals surface area contributed by atoms with Gasteiger partial charge in [-0.3, -0.25) is 4.79 Å². The lowest BCUT2D eigenvalue weighted by molar-refractivity contribution is -0.121. The molecule has 1 atom stereocenters. The van der Waals surface area contributed by atoms with Crippen molar-refractivity contribution in [2.75, 3.05) is 13.2 Å². The van der Waals surface area contributed by atoms with Crippen molar-refractivity contribution in [3.05, 3.63) is 0 Å². The first-order valence-electron chi connectivity index (χ1n) is 3.72. The second-order valence-electron chi connectivity index (χ2n) is 2.26. The van der Waals surface area contributed by atoms with E-state index in [1.165, 1.54) is 0 Å². The van der Waals surface area contributed by atoms with Crippen molar-refractivity contribution in [3.63, 3.8) is 0 Å². The lowest BCUT2D eigenvalue weighted by Gasteiger charge is -2.01. The molecule has 0 bridgehead atoms. The van der Waals surface area contributed by atoms with Crippen molar-refractivity contribution in [2.45, 2.75) is 20.3 Å². The number of ether oxygens (including phenoxy) is 1.